The number of primary amides is 1. The Morgan fingerprint density at radius 1 is 1.57 bits per heavy atom. The van der Waals surface area contributed by atoms with Crippen molar-refractivity contribution in [2.45, 2.75) is 18.9 Å². The molecule has 2 aliphatic heterocycles. The molecule has 1 fully saturated rings. The van der Waals surface area contributed by atoms with Gasteiger partial charge in [0.2, 0.25) is 0 Å². The van der Waals surface area contributed by atoms with Crippen LogP contribution in [0.25, 0.3) is 0 Å². The van der Waals surface area contributed by atoms with Gasteiger partial charge in [-0.15, -0.1) is 0 Å². The van der Waals surface area contributed by atoms with Crippen LogP contribution in [0.5, 0.6) is 0 Å². The Hall–Kier alpha value is -1.03. The van der Waals surface area contributed by atoms with Crippen molar-refractivity contribution in [2.75, 3.05) is 19.8 Å². The summed E-state index contributed by atoms with van der Waals surface area (Å²) >= 11 is 0. The number of hydrogen-bond donors (Lipinski definition) is 1. The molecule has 78 valence electrons. The molecule has 0 bridgehead atoms. The standard InChI is InChI=1S/C10H16N2O2/c11-10(13)12-5-2-1-3-9(12)8-4-6-14-7-8/h1,3,8-9H,2,4-7H2,(H2,11,13). The number of nitrogens with two attached hydrogens (primary N) is 1. The summed E-state index contributed by atoms with van der Waals surface area (Å²) in [7, 11) is 0. The van der Waals surface area contributed by atoms with Gasteiger partial charge in [-0.05, 0) is 12.8 Å². The number of hydrogen-bond acceptors (Lipinski definition) is 2. The zero-order valence-electron chi connectivity index (χ0n) is 8.19. The van der Waals surface area contributed by atoms with Crippen LogP contribution < -0.4 is 5.73 Å². The van der Waals surface area contributed by atoms with Gasteiger partial charge < -0.3 is 15.4 Å². The van der Waals surface area contributed by atoms with Crippen molar-refractivity contribution in [1.82, 2.24) is 4.90 Å². The minimum atomic E-state index is -0.314. The summed E-state index contributed by atoms with van der Waals surface area (Å²) in [5.41, 5.74) is 5.34. The van der Waals surface area contributed by atoms with Gasteiger partial charge in [0.25, 0.3) is 0 Å². The molecule has 1 saturated heterocycles. The van der Waals surface area contributed by atoms with Crippen LogP contribution in [0.4, 0.5) is 4.79 Å². The van der Waals surface area contributed by atoms with Crippen molar-refractivity contribution < 1.29 is 9.53 Å². The fourth-order valence-electron chi connectivity index (χ4n) is 2.19. The number of amides is 2. The second-order valence-electron chi connectivity index (χ2n) is 3.86. The Morgan fingerprint density at radius 2 is 2.43 bits per heavy atom. The van der Waals surface area contributed by atoms with Gasteiger partial charge >= 0.3 is 6.03 Å². The van der Waals surface area contributed by atoms with Gasteiger partial charge in [0.15, 0.2) is 0 Å². The van der Waals surface area contributed by atoms with Crippen molar-refractivity contribution in [3.8, 4) is 0 Å². The predicted octanol–water partition coefficient (Wildman–Crippen LogP) is 0.732. The Labute approximate surface area is 83.7 Å². The van der Waals surface area contributed by atoms with E-state index in [0.717, 1.165) is 32.6 Å². The first-order valence-corrected chi connectivity index (χ1v) is 5.09. The van der Waals surface area contributed by atoms with Gasteiger partial charge in [-0.1, -0.05) is 12.2 Å². The van der Waals surface area contributed by atoms with Crippen LogP contribution in [-0.2, 0) is 4.74 Å². The number of nitrogens with zero attached hydrogens (tertiary/aromatic N) is 1. The van der Waals surface area contributed by atoms with Crippen LogP contribution in [0.1, 0.15) is 12.8 Å². The van der Waals surface area contributed by atoms with E-state index < -0.39 is 0 Å². The molecule has 4 nitrogen and oxygen atoms in total. The van der Waals surface area contributed by atoms with E-state index in [1.54, 1.807) is 4.90 Å². The van der Waals surface area contributed by atoms with E-state index in [-0.39, 0.29) is 12.1 Å². The van der Waals surface area contributed by atoms with Crippen molar-refractivity contribution in [1.29, 1.82) is 0 Å². The maximum atomic E-state index is 11.2. The third-order valence-electron chi connectivity index (χ3n) is 2.96. The summed E-state index contributed by atoms with van der Waals surface area (Å²) in [5, 5.41) is 0. The molecular formula is C10H16N2O2. The van der Waals surface area contributed by atoms with E-state index >= 15 is 0 Å². The molecule has 0 aromatic carbocycles. The Morgan fingerprint density at radius 3 is 3.07 bits per heavy atom. The van der Waals surface area contributed by atoms with Crippen LogP contribution in [0.2, 0.25) is 0 Å². The molecule has 2 heterocycles. The molecule has 2 unspecified atom stereocenters. The second-order valence-corrected chi connectivity index (χ2v) is 3.86. The van der Waals surface area contributed by atoms with E-state index in [2.05, 4.69) is 12.2 Å². The number of carbonyl (C=O) groups excluding carboxylic acids is 1. The quantitative estimate of drug-likeness (QED) is 0.629. The van der Waals surface area contributed by atoms with E-state index in [1.807, 2.05) is 0 Å². The maximum Gasteiger partial charge on any atom is 0.315 e. The number of carbonyl (C=O) groups is 1. The largest absolute Gasteiger partial charge is 0.381 e. The van der Waals surface area contributed by atoms with Gasteiger partial charge in [-0.25, -0.2) is 4.79 Å². The van der Waals surface area contributed by atoms with E-state index in [0.29, 0.717) is 5.92 Å². The molecule has 4 heteroatoms. The molecule has 0 aromatic rings. The first-order valence-electron chi connectivity index (χ1n) is 5.09. The highest BCUT2D eigenvalue weighted by atomic mass is 16.5. The minimum absolute atomic E-state index is 0.156. The summed E-state index contributed by atoms with van der Waals surface area (Å²) in [6.07, 6.45) is 6.15. The van der Waals surface area contributed by atoms with E-state index in [4.69, 9.17) is 10.5 Å². The van der Waals surface area contributed by atoms with Gasteiger partial charge in [-0.2, -0.15) is 0 Å². The summed E-state index contributed by atoms with van der Waals surface area (Å²) in [5.74, 6) is 0.430. The molecule has 2 aliphatic rings. The lowest BCUT2D eigenvalue weighted by atomic mass is 9.95. The molecule has 2 N–H and O–H groups in total. The third kappa shape index (κ3) is 1.75. The number of rotatable bonds is 1. The summed E-state index contributed by atoms with van der Waals surface area (Å²) in [6.45, 7) is 2.30. The van der Waals surface area contributed by atoms with Gasteiger partial charge in [0, 0.05) is 19.1 Å². The second kappa shape index (κ2) is 4.00. The number of ether oxygens (including phenoxy) is 1. The SMILES string of the molecule is NC(=O)N1CCC=CC1C1CCOC1. The zero-order chi connectivity index (χ0) is 9.97. The molecule has 0 saturated carbocycles. The average molecular weight is 196 g/mol. The molecule has 2 amide bonds. The normalized spacial score (nSPS) is 32.1. The predicted molar refractivity (Wildman–Crippen MR) is 52.8 cm³/mol. The summed E-state index contributed by atoms with van der Waals surface area (Å²) in [6, 6.07) is -0.157. The van der Waals surface area contributed by atoms with Crippen LogP contribution in [-0.4, -0.2) is 36.7 Å². The molecule has 2 rings (SSSR count). The molecule has 2 atom stereocenters. The Kier molecular flexibility index (Phi) is 2.72. The highest BCUT2D eigenvalue weighted by Crippen LogP contribution is 2.24. The van der Waals surface area contributed by atoms with Crippen LogP contribution in [0.15, 0.2) is 12.2 Å². The monoisotopic (exact) mass is 196 g/mol. The van der Waals surface area contributed by atoms with Gasteiger partial charge in [-0.3, -0.25) is 0 Å². The van der Waals surface area contributed by atoms with Crippen molar-refractivity contribution in [3.63, 3.8) is 0 Å². The average Bonchev–Trinajstić information content (AvgIpc) is 2.70. The fourth-order valence-corrected chi connectivity index (χ4v) is 2.19. The molecule has 14 heavy (non-hydrogen) atoms. The van der Waals surface area contributed by atoms with Crippen molar-refractivity contribution in [3.05, 3.63) is 12.2 Å². The molecular weight excluding hydrogens is 180 g/mol. The highest BCUT2D eigenvalue weighted by molar-refractivity contribution is 5.73. The first-order chi connectivity index (χ1) is 6.79. The zero-order valence-corrected chi connectivity index (χ0v) is 8.19. The smallest absolute Gasteiger partial charge is 0.315 e. The molecule has 0 radical (unpaired) electrons. The summed E-state index contributed by atoms with van der Waals surface area (Å²) in [4.78, 5) is 12.9. The Bertz CT molecular complexity index is 247. The fraction of sp³-hybridized carbons (Fsp3) is 0.700. The van der Waals surface area contributed by atoms with E-state index in [9.17, 15) is 4.79 Å². The molecule has 0 aromatic heterocycles. The van der Waals surface area contributed by atoms with Gasteiger partial charge in [0.05, 0.1) is 12.6 Å². The Balaban J connectivity index is 2.08. The lowest BCUT2D eigenvalue weighted by Gasteiger charge is -2.34. The minimum Gasteiger partial charge on any atom is -0.381 e. The molecule has 0 aliphatic carbocycles. The summed E-state index contributed by atoms with van der Waals surface area (Å²) < 4.78 is 5.33. The topological polar surface area (TPSA) is 55.6 Å². The van der Waals surface area contributed by atoms with Crippen LogP contribution in [0.3, 0.4) is 0 Å². The van der Waals surface area contributed by atoms with E-state index in [1.165, 1.54) is 0 Å². The first kappa shape index (κ1) is 9.52. The van der Waals surface area contributed by atoms with Gasteiger partial charge in [0.1, 0.15) is 0 Å². The number of urea groups is 1. The third-order valence-corrected chi connectivity index (χ3v) is 2.96. The lowest BCUT2D eigenvalue weighted by Crippen LogP contribution is -2.48. The van der Waals surface area contributed by atoms with Crippen molar-refractivity contribution >= 4 is 6.03 Å². The van der Waals surface area contributed by atoms with Crippen LogP contribution in [0, 0.1) is 5.92 Å². The van der Waals surface area contributed by atoms with Crippen molar-refractivity contribution in [2.24, 2.45) is 11.7 Å². The maximum absolute atomic E-state index is 11.2. The lowest BCUT2D eigenvalue weighted by molar-refractivity contribution is 0.147. The molecule has 0 spiro atoms. The van der Waals surface area contributed by atoms with Crippen LogP contribution >= 0.6 is 0 Å². The highest BCUT2D eigenvalue weighted by Gasteiger charge is 2.31.